The molecule has 0 aliphatic heterocycles. The van der Waals surface area contributed by atoms with Crippen LogP contribution >= 0.6 is 11.3 Å². The molecule has 0 atom stereocenters. The maximum absolute atomic E-state index is 13.0. The van der Waals surface area contributed by atoms with Crippen LogP contribution in [0.2, 0.25) is 0 Å². The summed E-state index contributed by atoms with van der Waals surface area (Å²) < 4.78 is 30.1. The fraction of sp³-hybridized carbons (Fsp3) is 0.333. The van der Waals surface area contributed by atoms with Crippen molar-refractivity contribution >= 4 is 37.5 Å². The van der Waals surface area contributed by atoms with Crippen LogP contribution in [0.25, 0.3) is 10.2 Å². The van der Waals surface area contributed by atoms with Gasteiger partial charge in [0.15, 0.2) is 4.80 Å². The van der Waals surface area contributed by atoms with Gasteiger partial charge in [-0.05, 0) is 55.3 Å². The Morgan fingerprint density at radius 1 is 1.09 bits per heavy atom. The van der Waals surface area contributed by atoms with E-state index in [0.29, 0.717) is 4.80 Å². The zero-order valence-electron chi connectivity index (χ0n) is 19.1. The Hall–Kier alpha value is -3.31. The summed E-state index contributed by atoms with van der Waals surface area (Å²) in [5.41, 5.74) is 2.43. The molecule has 0 unspecified atom stereocenters. The lowest BCUT2D eigenvalue weighted by molar-refractivity contribution is 0.0997. The van der Waals surface area contributed by atoms with E-state index in [0.717, 1.165) is 33.1 Å². The molecular weight excluding hydrogens is 470 g/mol. The summed E-state index contributed by atoms with van der Waals surface area (Å²) in [6, 6.07) is 15.6. The standard InChI is InChI=1S/C24H25N5O3S2/c1-3-14-29-21-11-6-18(2)17-22(21)33-24(29)27-23(30)19-7-9-20(10-8-19)34(31,32)28(15-4-12-25)16-5-13-26/h6-11,17H,3-5,14-16H2,1-2H3. The number of fused-ring (bicyclic) bond motifs is 1. The Balaban J connectivity index is 1.92. The van der Waals surface area contributed by atoms with E-state index in [4.69, 9.17) is 10.5 Å². The molecule has 0 aliphatic carbocycles. The summed E-state index contributed by atoms with van der Waals surface area (Å²) >= 11 is 1.45. The monoisotopic (exact) mass is 495 g/mol. The van der Waals surface area contributed by atoms with E-state index in [9.17, 15) is 13.2 Å². The van der Waals surface area contributed by atoms with Crippen LogP contribution in [0.3, 0.4) is 0 Å². The van der Waals surface area contributed by atoms with Crippen LogP contribution in [0.1, 0.15) is 42.1 Å². The molecule has 8 nitrogen and oxygen atoms in total. The fourth-order valence-corrected chi connectivity index (χ4v) is 6.07. The second kappa shape index (κ2) is 11.2. The summed E-state index contributed by atoms with van der Waals surface area (Å²) in [7, 11) is -3.90. The maximum atomic E-state index is 13.0. The number of benzene rings is 2. The molecule has 1 aromatic heterocycles. The third-order valence-corrected chi connectivity index (χ3v) is 8.12. The molecule has 0 spiro atoms. The number of nitriles is 2. The van der Waals surface area contributed by atoms with E-state index in [1.165, 1.54) is 35.6 Å². The first-order chi connectivity index (χ1) is 16.3. The molecule has 1 heterocycles. The minimum absolute atomic E-state index is 0.000626. The average molecular weight is 496 g/mol. The normalized spacial score (nSPS) is 12.1. The summed E-state index contributed by atoms with van der Waals surface area (Å²) in [5, 5.41) is 17.6. The van der Waals surface area contributed by atoms with Crippen molar-refractivity contribution in [2.75, 3.05) is 13.1 Å². The number of rotatable bonds is 9. The van der Waals surface area contributed by atoms with Crippen LogP contribution in [0.4, 0.5) is 0 Å². The van der Waals surface area contributed by atoms with Crippen molar-refractivity contribution in [3.05, 3.63) is 58.4 Å². The van der Waals surface area contributed by atoms with Gasteiger partial charge in [-0.3, -0.25) is 4.79 Å². The molecular formula is C24H25N5O3S2. The number of thiazole rings is 1. The van der Waals surface area contributed by atoms with Crippen LogP contribution in [0.15, 0.2) is 52.4 Å². The van der Waals surface area contributed by atoms with Crippen molar-refractivity contribution < 1.29 is 13.2 Å². The van der Waals surface area contributed by atoms with Gasteiger partial charge in [-0.2, -0.15) is 19.8 Å². The molecule has 34 heavy (non-hydrogen) atoms. The van der Waals surface area contributed by atoms with Crippen LogP contribution in [-0.4, -0.2) is 36.3 Å². The molecule has 0 radical (unpaired) electrons. The number of hydrogen-bond donors (Lipinski definition) is 0. The highest BCUT2D eigenvalue weighted by molar-refractivity contribution is 7.89. The number of carbonyl (C=O) groups is 1. The lowest BCUT2D eigenvalue weighted by atomic mass is 10.2. The van der Waals surface area contributed by atoms with Gasteiger partial charge in [0.2, 0.25) is 10.0 Å². The molecule has 3 aromatic rings. The molecule has 1 amide bonds. The topological polar surface area (TPSA) is 119 Å². The first-order valence-corrected chi connectivity index (χ1v) is 13.1. The van der Waals surface area contributed by atoms with Crippen molar-refractivity contribution in [1.82, 2.24) is 8.87 Å². The van der Waals surface area contributed by atoms with Crippen molar-refractivity contribution in [2.24, 2.45) is 4.99 Å². The van der Waals surface area contributed by atoms with E-state index in [2.05, 4.69) is 18.0 Å². The van der Waals surface area contributed by atoms with Crippen LogP contribution in [0, 0.1) is 29.6 Å². The highest BCUT2D eigenvalue weighted by Gasteiger charge is 2.24. The van der Waals surface area contributed by atoms with Gasteiger partial charge in [0, 0.05) is 38.0 Å². The third-order valence-electron chi connectivity index (χ3n) is 5.17. The van der Waals surface area contributed by atoms with Gasteiger partial charge in [0.05, 0.1) is 27.3 Å². The molecule has 0 aliphatic rings. The molecule has 0 bridgehead atoms. The number of aromatic nitrogens is 1. The van der Waals surface area contributed by atoms with Crippen LogP contribution in [-0.2, 0) is 16.6 Å². The Morgan fingerprint density at radius 3 is 2.32 bits per heavy atom. The summed E-state index contributed by atoms with van der Waals surface area (Å²) in [5.74, 6) is -0.456. The molecule has 0 N–H and O–H groups in total. The largest absolute Gasteiger partial charge is 0.316 e. The van der Waals surface area contributed by atoms with Crippen molar-refractivity contribution in [1.29, 1.82) is 10.5 Å². The second-order valence-electron chi connectivity index (χ2n) is 7.67. The van der Waals surface area contributed by atoms with Gasteiger partial charge < -0.3 is 4.57 Å². The maximum Gasteiger partial charge on any atom is 0.279 e. The SMILES string of the molecule is CCCn1c(=NC(=O)c2ccc(S(=O)(=O)N(CCC#N)CCC#N)cc2)sc2cc(C)ccc21. The van der Waals surface area contributed by atoms with Crippen LogP contribution < -0.4 is 4.80 Å². The first kappa shape index (κ1) is 25.3. The van der Waals surface area contributed by atoms with E-state index >= 15 is 0 Å². The highest BCUT2D eigenvalue weighted by atomic mass is 32.2. The van der Waals surface area contributed by atoms with E-state index in [1.807, 2.05) is 35.8 Å². The van der Waals surface area contributed by atoms with Gasteiger partial charge in [-0.25, -0.2) is 8.42 Å². The van der Waals surface area contributed by atoms with Gasteiger partial charge in [0.25, 0.3) is 5.91 Å². The van der Waals surface area contributed by atoms with Crippen molar-refractivity contribution in [3.8, 4) is 12.1 Å². The zero-order chi connectivity index (χ0) is 24.7. The number of hydrogen-bond acceptors (Lipinski definition) is 6. The highest BCUT2D eigenvalue weighted by Crippen LogP contribution is 2.20. The number of carbonyl (C=O) groups excluding carboxylic acids is 1. The van der Waals surface area contributed by atoms with Gasteiger partial charge >= 0.3 is 0 Å². The second-order valence-corrected chi connectivity index (χ2v) is 10.6. The van der Waals surface area contributed by atoms with E-state index in [1.54, 1.807) is 0 Å². The number of nitrogens with zero attached hydrogens (tertiary/aromatic N) is 5. The summed E-state index contributed by atoms with van der Waals surface area (Å²) in [6.45, 7) is 4.81. The molecule has 3 rings (SSSR count). The minimum atomic E-state index is -3.90. The average Bonchev–Trinajstić information content (AvgIpc) is 3.15. The molecule has 176 valence electrons. The third kappa shape index (κ3) is 5.60. The molecule has 0 saturated heterocycles. The first-order valence-electron chi connectivity index (χ1n) is 10.8. The van der Waals surface area contributed by atoms with Crippen molar-refractivity contribution in [2.45, 2.75) is 44.6 Å². The molecule has 0 saturated carbocycles. The Bertz CT molecular complexity index is 1420. The van der Waals surface area contributed by atoms with Gasteiger partial charge in [0.1, 0.15) is 0 Å². The Morgan fingerprint density at radius 2 is 1.74 bits per heavy atom. The quantitative estimate of drug-likeness (QED) is 0.445. The lowest BCUT2D eigenvalue weighted by Crippen LogP contribution is -2.32. The minimum Gasteiger partial charge on any atom is -0.316 e. The van der Waals surface area contributed by atoms with Crippen LogP contribution in [0.5, 0.6) is 0 Å². The smallest absolute Gasteiger partial charge is 0.279 e. The van der Waals surface area contributed by atoms with Gasteiger partial charge in [-0.15, -0.1) is 0 Å². The summed E-state index contributed by atoms with van der Waals surface area (Å²) in [6.07, 6.45) is 0.931. The zero-order valence-corrected chi connectivity index (χ0v) is 20.7. The van der Waals surface area contributed by atoms with E-state index < -0.39 is 15.9 Å². The molecule has 2 aromatic carbocycles. The molecule has 0 fully saturated rings. The predicted octanol–water partition coefficient (Wildman–Crippen LogP) is 3.98. The lowest BCUT2D eigenvalue weighted by Gasteiger charge is -2.20. The predicted molar refractivity (Wildman–Crippen MR) is 130 cm³/mol. The number of sulfonamides is 1. The summed E-state index contributed by atoms with van der Waals surface area (Å²) in [4.78, 5) is 17.8. The number of amides is 1. The Kier molecular flexibility index (Phi) is 8.35. The fourth-order valence-electron chi connectivity index (χ4n) is 3.48. The van der Waals surface area contributed by atoms with E-state index in [-0.39, 0.29) is 36.4 Å². The Labute approximate surface area is 203 Å². The molecule has 10 heteroatoms. The van der Waals surface area contributed by atoms with Gasteiger partial charge in [-0.1, -0.05) is 24.3 Å². The van der Waals surface area contributed by atoms with Crippen molar-refractivity contribution in [3.63, 3.8) is 0 Å². The number of aryl methyl sites for hydroxylation is 2.